The summed E-state index contributed by atoms with van der Waals surface area (Å²) in [5.74, 6) is 0.343. The number of carbonyl (C=O) groups is 1. The van der Waals surface area contributed by atoms with Crippen LogP contribution in [0.5, 0.6) is 5.75 Å². The fourth-order valence-electron chi connectivity index (χ4n) is 4.43. The average Bonchev–Trinajstić information content (AvgIpc) is 2.77. The molecule has 184 valence electrons. The van der Waals surface area contributed by atoms with E-state index in [1.807, 2.05) is 12.1 Å². The highest BCUT2D eigenvalue weighted by molar-refractivity contribution is 5.64. The molecule has 0 aromatic heterocycles. The highest BCUT2D eigenvalue weighted by atomic mass is 16.4. The lowest BCUT2D eigenvalue weighted by Gasteiger charge is -2.16. The van der Waals surface area contributed by atoms with Gasteiger partial charge in [0.15, 0.2) is 0 Å². The van der Waals surface area contributed by atoms with Crippen molar-refractivity contribution >= 4 is 6.09 Å². The second-order valence-corrected chi connectivity index (χ2v) is 9.44. The lowest BCUT2D eigenvalue weighted by molar-refractivity contribution is 0.187. The Hall–Kier alpha value is -1.71. The van der Waals surface area contributed by atoms with Crippen LogP contribution in [0.15, 0.2) is 24.3 Å². The molecule has 0 fully saturated rings. The molecule has 0 aliphatic carbocycles. The van der Waals surface area contributed by atoms with Gasteiger partial charge in [0.2, 0.25) is 0 Å². The van der Waals surface area contributed by atoms with Crippen LogP contribution >= 0.6 is 0 Å². The van der Waals surface area contributed by atoms with Gasteiger partial charge in [-0.3, -0.25) is 0 Å². The van der Waals surface area contributed by atoms with Crippen LogP contribution in [0.25, 0.3) is 0 Å². The summed E-state index contributed by atoms with van der Waals surface area (Å²) in [5.41, 5.74) is 1.31. The number of aryl methyl sites for hydroxylation is 1. The van der Waals surface area contributed by atoms with Crippen LogP contribution in [-0.4, -0.2) is 22.3 Å². The predicted molar refractivity (Wildman–Crippen MR) is 136 cm³/mol. The van der Waals surface area contributed by atoms with E-state index in [0.29, 0.717) is 5.75 Å². The maximum atomic E-state index is 11.1. The molecule has 1 aromatic rings. The number of amides is 1. The normalized spacial score (nSPS) is 12.0. The Morgan fingerprint density at radius 1 is 0.719 bits per heavy atom. The van der Waals surface area contributed by atoms with E-state index in [-0.39, 0.29) is 6.04 Å². The lowest BCUT2D eigenvalue weighted by Crippen LogP contribution is -2.33. The Kier molecular flexibility index (Phi) is 17.6. The smallest absolute Gasteiger partial charge is 0.404 e. The van der Waals surface area contributed by atoms with Gasteiger partial charge in [0.25, 0.3) is 0 Å². The van der Waals surface area contributed by atoms with Crippen molar-refractivity contribution in [3.05, 3.63) is 29.8 Å². The molecule has 3 N–H and O–H groups in total. The van der Waals surface area contributed by atoms with E-state index >= 15 is 0 Å². The number of unbranched alkanes of at least 4 members (excludes halogenated alkanes) is 14. The van der Waals surface area contributed by atoms with Gasteiger partial charge >= 0.3 is 6.09 Å². The maximum Gasteiger partial charge on any atom is 0.404 e. The van der Waals surface area contributed by atoms with Crippen LogP contribution in [-0.2, 0) is 6.42 Å². The molecule has 0 saturated carbocycles. The Morgan fingerprint density at radius 2 is 1.16 bits per heavy atom. The molecule has 32 heavy (non-hydrogen) atoms. The molecule has 0 radical (unpaired) electrons. The zero-order chi connectivity index (χ0) is 23.3. The quantitative estimate of drug-likeness (QED) is 0.165. The third-order valence-corrected chi connectivity index (χ3v) is 6.44. The van der Waals surface area contributed by atoms with Gasteiger partial charge in [-0.25, -0.2) is 4.79 Å². The summed E-state index contributed by atoms with van der Waals surface area (Å²) in [7, 11) is 0. The van der Waals surface area contributed by atoms with Gasteiger partial charge in [-0.15, -0.1) is 0 Å². The van der Waals surface area contributed by atoms with E-state index in [2.05, 4.69) is 12.2 Å². The summed E-state index contributed by atoms with van der Waals surface area (Å²) >= 11 is 0. The molecule has 0 aliphatic heterocycles. The van der Waals surface area contributed by atoms with E-state index < -0.39 is 6.09 Å². The summed E-state index contributed by atoms with van der Waals surface area (Å²) in [6.07, 6.45) is 22.5. The van der Waals surface area contributed by atoms with Crippen molar-refractivity contribution < 1.29 is 15.0 Å². The Morgan fingerprint density at radius 3 is 1.62 bits per heavy atom. The maximum absolute atomic E-state index is 11.1. The number of benzene rings is 1. The number of hydrogen-bond donors (Lipinski definition) is 3. The zero-order valence-electron chi connectivity index (χ0n) is 20.6. The van der Waals surface area contributed by atoms with Gasteiger partial charge in [0.1, 0.15) is 5.75 Å². The second kappa shape index (κ2) is 19.9. The first kappa shape index (κ1) is 28.3. The monoisotopic (exact) mass is 447 g/mol. The number of phenolic OH excluding ortho intramolecular Hbond substituents is 1. The molecule has 0 spiro atoms. The molecule has 1 amide bonds. The van der Waals surface area contributed by atoms with E-state index in [0.717, 1.165) is 32.1 Å². The SMILES string of the molecule is CCCCCCCCCC(CCCCCCCCCCCc1ccc(O)cc1)NC(=O)O. The largest absolute Gasteiger partial charge is 0.508 e. The van der Waals surface area contributed by atoms with Gasteiger partial charge in [-0.2, -0.15) is 0 Å². The van der Waals surface area contributed by atoms with Crippen molar-refractivity contribution in [2.45, 2.75) is 135 Å². The van der Waals surface area contributed by atoms with Crippen molar-refractivity contribution in [2.75, 3.05) is 0 Å². The Balaban J connectivity index is 1.94. The number of nitrogens with one attached hydrogen (secondary N) is 1. The minimum atomic E-state index is -0.872. The summed E-state index contributed by atoms with van der Waals surface area (Å²) < 4.78 is 0. The van der Waals surface area contributed by atoms with Gasteiger partial charge in [-0.05, 0) is 43.4 Å². The van der Waals surface area contributed by atoms with Crippen LogP contribution in [0.3, 0.4) is 0 Å². The molecule has 1 aromatic carbocycles. The summed E-state index contributed by atoms with van der Waals surface area (Å²) in [5, 5.41) is 21.2. The van der Waals surface area contributed by atoms with E-state index in [9.17, 15) is 9.90 Å². The number of phenols is 1. The van der Waals surface area contributed by atoms with Crippen molar-refractivity contribution in [1.29, 1.82) is 0 Å². The minimum Gasteiger partial charge on any atom is -0.508 e. The number of aromatic hydroxyl groups is 1. The highest BCUT2D eigenvalue weighted by Crippen LogP contribution is 2.16. The third kappa shape index (κ3) is 16.9. The van der Waals surface area contributed by atoms with Crippen molar-refractivity contribution in [2.24, 2.45) is 0 Å². The summed E-state index contributed by atoms with van der Waals surface area (Å²) in [4.78, 5) is 11.1. The van der Waals surface area contributed by atoms with E-state index in [1.165, 1.54) is 95.5 Å². The molecular weight excluding hydrogens is 398 g/mol. The van der Waals surface area contributed by atoms with Gasteiger partial charge in [0.05, 0.1) is 0 Å². The zero-order valence-corrected chi connectivity index (χ0v) is 20.6. The number of carboxylic acid groups (broad SMARTS) is 1. The summed E-state index contributed by atoms with van der Waals surface area (Å²) in [6.45, 7) is 2.24. The molecule has 1 unspecified atom stereocenters. The molecule has 0 aliphatic rings. The lowest BCUT2D eigenvalue weighted by atomic mass is 9.99. The minimum absolute atomic E-state index is 0.136. The first-order chi connectivity index (χ1) is 15.6. The molecule has 1 rings (SSSR count). The molecular formula is C28H49NO3. The highest BCUT2D eigenvalue weighted by Gasteiger charge is 2.10. The Labute approximate surface area is 197 Å². The first-order valence-corrected chi connectivity index (χ1v) is 13.4. The van der Waals surface area contributed by atoms with Crippen LogP contribution in [0.1, 0.15) is 128 Å². The molecule has 1 atom stereocenters. The molecule has 0 saturated heterocycles. The standard InChI is InChI=1S/C28H49NO3/c1-2-3-4-5-9-13-16-19-26(29-28(31)32)20-17-14-11-8-6-7-10-12-15-18-25-21-23-27(30)24-22-25/h21-24,26,29-30H,2-20H2,1H3,(H,31,32). The van der Waals surface area contributed by atoms with Gasteiger partial charge < -0.3 is 15.5 Å². The topological polar surface area (TPSA) is 69.6 Å². The fourth-order valence-corrected chi connectivity index (χ4v) is 4.43. The molecule has 4 nitrogen and oxygen atoms in total. The molecule has 0 bridgehead atoms. The van der Waals surface area contributed by atoms with Crippen molar-refractivity contribution in [3.63, 3.8) is 0 Å². The Bertz CT molecular complexity index is 558. The van der Waals surface area contributed by atoms with E-state index in [4.69, 9.17) is 5.11 Å². The van der Waals surface area contributed by atoms with Crippen LogP contribution in [0.2, 0.25) is 0 Å². The van der Waals surface area contributed by atoms with Gasteiger partial charge in [0, 0.05) is 6.04 Å². The van der Waals surface area contributed by atoms with Crippen molar-refractivity contribution in [3.8, 4) is 5.75 Å². The number of hydrogen-bond acceptors (Lipinski definition) is 2. The predicted octanol–water partition coefficient (Wildman–Crippen LogP) is 8.61. The third-order valence-electron chi connectivity index (χ3n) is 6.44. The average molecular weight is 448 g/mol. The fraction of sp³-hybridized carbons (Fsp3) is 0.750. The first-order valence-electron chi connectivity index (χ1n) is 13.4. The molecule has 4 heteroatoms. The summed E-state index contributed by atoms with van der Waals surface area (Å²) in [6, 6.07) is 7.70. The van der Waals surface area contributed by atoms with Gasteiger partial charge in [-0.1, -0.05) is 115 Å². The van der Waals surface area contributed by atoms with Crippen LogP contribution in [0.4, 0.5) is 4.79 Å². The second-order valence-electron chi connectivity index (χ2n) is 9.44. The molecule has 0 heterocycles. The van der Waals surface area contributed by atoms with Crippen LogP contribution in [0, 0.1) is 0 Å². The van der Waals surface area contributed by atoms with Crippen molar-refractivity contribution in [1.82, 2.24) is 5.32 Å². The van der Waals surface area contributed by atoms with E-state index in [1.54, 1.807) is 12.1 Å². The van der Waals surface area contributed by atoms with Crippen LogP contribution < -0.4 is 5.32 Å². The number of rotatable bonds is 21.